The number of rotatable bonds is 6. The van der Waals surface area contributed by atoms with E-state index in [1.165, 1.54) is 0 Å². The Kier molecular flexibility index (Phi) is 6.05. The van der Waals surface area contributed by atoms with Crippen molar-refractivity contribution in [1.29, 1.82) is 0 Å². The van der Waals surface area contributed by atoms with Crippen molar-refractivity contribution in [3.63, 3.8) is 0 Å². The standard InChI is InChI=1S/C13H19BrN2O/c1-3-12(14)13(17)15-9-10-16(2)11-7-5-4-6-8-11/h4-8,12H,3,9-10H2,1-2H3,(H,15,17). The summed E-state index contributed by atoms with van der Waals surface area (Å²) in [6.07, 6.45) is 0.806. The number of para-hydroxylation sites is 1. The van der Waals surface area contributed by atoms with Crippen LogP contribution in [0.5, 0.6) is 0 Å². The molecule has 1 aromatic rings. The molecular formula is C13H19BrN2O. The minimum absolute atomic E-state index is 0.0639. The summed E-state index contributed by atoms with van der Waals surface area (Å²) in [7, 11) is 2.02. The average Bonchev–Trinajstić information content (AvgIpc) is 2.38. The molecule has 0 aliphatic heterocycles. The van der Waals surface area contributed by atoms with Gasteiger partial charge >= 0.3 is 0 Å². The second kappa shape index (κ2) is 7.33. The van der Waals surface area contributed by atoms with Crippen molar-refractivity contribution >= 4 is 27.5 Å². The number of anilines is 1. The van der Waals surface area contributed by atoms with Gasteiger partial charge in [0.25, 0.3) is 0 Å². The quantitative estimate of drug-likeness (QED) is 0.818. The van der Waals surface area contributed by atoms with E-state index in [1.807, 2.05) is 32.2 Å². The lowest BCUT2D eigenvalue weighted by atomic mass is 10.3. The molecule has 0 spiro atoms. The second-order valence-corrected chi connectivity index (χ2v) is 5.03. The third-order valence-electron chi connectivity index (χ3n) is 2.59. The predicted molar refractivity (Wildman–Crippen MR) is 75.7 cm³/mol. The van der Waals surface area contributed by atoms with Gasteiger partial charge in [-0.2, -0.15) is 0 Å². The fourth-order valence-electron chi connectivity index (χ4n) is 1.45. The lowest BCUT2D eigenvalue weighted by molar-refractivity contribution is -0.120. The van der Waals surface area contributed by atoms with E-state index in [2.05, 4.69) is 38.3 Å². The first-order valence-electron chi connectivity index (χ1n) is 5.83. The number of amides is 1. The third-order valence-corrected chi connectivity index (χ3v) is 3.65. The first-order valence-corrected chi connectivity index (χ1v) is 6.74. The van der Waals surface area contributed by atoms with E-state index >= 15 is 0 Å². The molecule has 0 fully saturated rings. The normalized spacial score (nSPS) is 11.9. The Balaban J connectivity index is 2.30. The predicted octanol–water partition coefficient (Wildman–Crippen LogP) is 2.41. The number of benzene rings is 1. The first kappa shape index (κ1) is 14.0. The van der Waals surface area contributed by atoms with Gasteiger partial charge in [0.15, 0.2) is 0 Å². The molecule has 1 unspecified atom stereocenters. The van der Waals surface area contributed by atoms with Crippen LogP contribution in [0.25, 0.3) is 0 Å². The third kappa shape index (κ3) is 4.77. The van der Waals surface area contributed by atoms with Crippen LogP contribution in [0, 0.1) is 0 Å². The highest BCUT2D eigenvalue weighted by molar-refractivity contribution is 9.10. The highest BCUT2D eigenvalue weighted by Gasteiger charge is 2.11. The lowest BCUT2D eigenvalue weighted by Crippen LogP contribution is -2.36. The summed E-state index contributed by atoms with van der Waals surface area (Å²) < 4.78 is 0. The monoisotopic (exact) mass is 298 g/mol. The Bertz CT molecular complexity index is 343. The maximum atomic E-state index is 11.5. The van der Waals surface area contributed by atoms with Crippen LogP contribution >= 0.6 is 15.9 Å². The number of hydrogen-bond donors (Lipinski definition) is 1. The van der Waals surface area contributed by atoms with Crippen LogP contribution in [0.15, 0.2) is 30.3 Å². The average molecular weight is 299 g/mol. The number of carbonyl (C=O) groups excluding carboxylic acids is 1. The van der Waals surface area contributed by atoms with Gasteiger partial charge in [-0.15, -0.1) is 0 Å². The van der Waals surface area contributed by atoms with Crippen LogP contribution < -0.4 is 10.2 Å². The van der Waals surface area contributed by atoms with Gasteiger partial charge in [-0.05, 0) is 18.6 Å². The zero-order chi connectivity index (χ0) is 12.7. The minimum Gasteiger partial charge on any atom is -0.373 e. The molecule has 0 saturated carbocycles. The van der Waals surface area contributed by atoms with E-state index in [0.29, 0.717) is 6.54 Å². The number of alkyl halides is 1. The van der Waals surface area contributed by atoms with E-state index in [4.69, 9.17) is 0 Å². The van der Waals surface area contributed by atoms with E-state index in [0.717, 1.165) is 18.7 Å². The Hall–Kier alpha value is -1.03. The van der Waals surface area contributed by atoms with E-state index < -0.39 is 0 Å². The lowest BCUT2D eigenvalue weighted by Gasteiger charge is -2.19. The molecule has 17 heavy (non-hydrogen) atoms. The molecular weight excluding hydrogens is 280 g/mol. The molecule has 0 radical (unpaired) electrons. The number of likely N-dealkylation sites (N-methyl/N-ethyl adjacent to an activating group) is 1. The van der Waals surface area contributed by atoms with Gasteiger partial charge in [-0.3, -0.25) is 4.79 Å². The Morgan fingerprint density at radius 2 is 2.06 bits per heavy atom. The Morgan fingerprint density at radius 3 is 2.65 bits per heavy atom. The molecule has 0 aliphatic carbocycles. The summed E-state index contributed by atoms with van der Waals surface area (Å²) in [4.78, 5) is 13.6. The molecule has 4 heteroatoms. The van der Waals surface area contributed by atoms with Crippen molar-refractivity contribution in [3.05, 3.63) is 30.3 Å². The minimum atomic E-state index is -0.0791. The molecule has 1 amide bonds. The zero-order valence-corrected chi connectivity index (χ0v) is 11.9. The van der Waals surface area contributed by atoms with E-state index in [9.17, 15) is 4.79 Å². The summed E-state index contributed by atoms with van der Waals surface area (Å²) in [6.45, 7) is 3.45. The van der Waals surface area contributed by atoms with Crippen LogP contribution in [0.1, 0.15) is 13.3 Å². The fraction of sp³-hybridized carbons (Fsp3) is 0.462. The van der Waals surface area contributed by atoms with Gasteiger partial charge in [-0.1, -0.05) is 41.1 Å². The number of carbonyl (C=O) groups is 1. The van der Waals surface area contributed by atoms with Crippen LogP contribution in [-0.4, -0.2) is 30.9 Å². The highest BCUT2D eigenvalue weighted by atomic mass is 79.9. The van der Waals surface area contributed by atoms with Crippen molar-refractivity contribution < 1.29 is 4.79 Å². The van der Waals surface area contributed by atoms with Crippen molar-refractivity contribution in [3.8, 4) is 0 Å². The van der Waals surface area contributed by atoms with Crippen molar-refractivity contribution in [2.75, 3.05) is 25.0 Å². The van der Waals surface area contributed by atoms with Gasteiger partial charge in [0.2, 0.25) is 5.91 Å². The molecule has 0 saturated heterocycles. The summed E-state index contributed by atoms with van der Waals surface area (Å²) in [6, 6.07) is 10.1. The Morgan fingerprint density at radius 1 is 1.41 bits per heavy atom. The van der Waals surface area contributed by atoms with Gasteiger partial charge in [0.1, 0.15) is 0 Å². The topological polar surface area (TPSA) is 32.3 Å². The number of nitrogens with zero attached hydrogens (tertiary/aromatic N) is 1. The largest absolute Gasteiger partial charge is 0.373 e. The number of hydrogen-bond acceptors (Lipinski definition) is 2. The molecule has 1 atom stereocenters. The van der Waals surface area contributed by atoms with Crippen LogP contribution in [0.2, 0.25) is 0 Å². The van der Waals surface area contributed by atoms with Crippen LogP contribution in [0.4, 0.5) is 5.69 Å². The maximum Gasteiger partial charge on any atom is 0.233 e. The molecule has 94 valence electrons. The van der Waals surface area contributed by atoms with Gasteiger partial charge in [0, 0.05) is 25.8 Å². The SMILES string of the molecule is CCC(Br)C(=O)NCCN(C)c1ccccc1. The molecule has 0 aromatic heterocycles. The molecule has 3 nitrogen and oxygen atoms in total. The van der Waals surface area contributed by atoms with Gasteiger partial charge in [0.05, 0.1) is 4.83 Å². The van der Waals surface area contributed by atoms with E-state index in [-0.39, 0.29) is 10.7 Å². The van der Waals surface area contributed by atoms with Crippen molar-refractivity contribution in [2.24, 2.45) is 0 Å². The van der Waals surface area contributed by atoms with Gasteiger partial charge in [-0.25, -0.2) is 0 Å². The van der Waals surface area contributed by atoms with Gasteiger partial charge < -0.3 is 10.2 Å². The second-order valence-electron chi connectivity index (χ2n) is 3.92. The van der Waals surface area contributed by atoms with Crippen LogP contribution in [-0.2, 0) is 4.79 Å². The molecule has 1 rings (SSSR count). The molecule has 0 heterocycles. The molecule has 1 aromatic carbocycles. The first-order chi connectivity index (χ1) is 8.15. The zero-order valence-electron chi connectivity index (χ0n) is 10.3. The fourth-order valence-corrected chi connectivity index (χ4v) is 1.62. The van der Waals surface area contributed by atoms with Crippen LogP contribution in [0.3, 0.4) is 0 Å². The molecule has 0 bridgehead atoms. The number of halogens is 1. The maximum absolute atomic E-state index is 11.5. The summed E-state index contributed by atoms with van der Waals surface area (Å²) in [5, 5.41) is 2.91. The molecule has 0 aliphatic rings. The van der Waals surface area contributed by atoms with E-state index in [1.54, 1.807) is 0 Å². The summed E-state index contributed by atoms with van der Waals surface area (Å²) in [5.41, 5.74) is 1.16. The van der Waals surface area contributed by atoms with Crippen molar-refractivity contribution in [2.45, 2.75) is 18.2 Å². The summed E-state index contributed by atoms with van der Waals surface area (Å²) >= 11 is 3.33. The van der Waals surface area contributed by atoms with Crippen molar-refractivity contribution in [1.82, 2.24) is 5.32 Å². The molecule has 1 N–H and O–H groups in total. The number of nitrogens with one attached hydrogen (secondary N) is 1. The smallest absolute Gasteiger partial charge is 0.233 e. The Labute approximate surface area is 111 Å². The highest BCUT2D eigenvalue weighted by Crippen LogP contribution is 2.09. The summed E-state index contributed by atoms with van der Waals surface area (Å²) in [5.74, 6) is 0.0639.